The number of amides is 1. The van der Waals surface area contributed by atoms with Crippen LogP contribution in [0.5, 0.6) is 5.75 Å². The fraction of sp³-hybridized carbons (Fsp3) is 0.500. The highest BCUT2D eigenvalue weighted by Crippen LogP contribution is 2.27. The molecule has 1 fully saturated rings. The first-order chi connectivity index (χ1) is 9.19. The van der Waals surface area contributed by atoms with Gasteiger partial charge in [0.1, 0.15) is 5.75 Å². The molecular weight excluding hydrogens is 264 g/mol. The molecule has 4 nitrogen and oxygen atoms in total. The Morgan fingerprint density at radius 2 is 2.21 bits per heavy atom. The SMILES string of the molecule is COc1ccc(Cl)c(NC(=O)CC2CCNCC2)c1. The van der Waals surface area contributed by atoms with Crippen molar-refractivity contribution in [1.82, 2.24) is 5.32 Å². The summed E-state index contributed by atoms with van der Waals surface area (Å²) in [5.74, 6) is 1.16. The van der Waals surface area contributed by atoms with E-state index in [1.165, 1.54) is 0 Å². The van der Waals surface area contributed by atoms with Gasteiger partial charge in [0, 0.05) is 12.5 Å². The van der Waals surface area contributed by atoms with E-state index < -0.39 is 0 Å². The number of anilines is 1. The molecule has 0 bridgehead atoms. The summed E-state index contributed by atoms with van der Waals surface area (Å²) in [5.41, 5.74) is 0.611. The van der Waals surface area contributed by atoms with Gasteiger partial charge in [-0.05, 0) is 44.0 Å². The van der Waals surface area contributed by atoms with Gasteiger partial charge in [-0.25, -0.2) is 0 Å². The van der Waals surface area contributed by atoms with Crippen LogP contribution in [0.3, 0.4) is 0 Å². The molecule has 0 spiro atoms. The summed E-state index contributed by atoms with van der Waals surface area (Å²) in [6, 6.07) is 5.23. The zero-order valence-corrected chi connectivity index (χ0v) is 11.8. The van der Waals surface area contributed by atoms with Crippen LogP contribution in [0.4, 0.5) is 5.69 Å². The molecule has 2 N–H and O–H groups in total. The van der Waals surface area contributed by atoms with Gasteiger partial charge in [0.05, 0.1) is 17.8 Å². The number of halogens is 1. The zero-order valence-electron chi connectivity index (χ0n) is 11.0. The Bertz CT molecular complexity index is 445. The Hall–Kier alpha value is -1.26. The number of hydrogen-bond donors (Lipinski definition) is 2. The highest BCUT2D eigenvalue weighted by atomic mass is 35.5. The van der Waals surface area contributed by atoms with Crippen LogP contribution in [0, 0.1) is 5.92 Å². The smallest absolute Gasteiger partial charge is 0.224 e. The van der Waals surface area contributed by atoms with Crippen molar-refractivity contribution < 1.29 is 9.53 Å². The summed E-state index contributed by atoms with van der Waals surface area (Å²) in [6.45, 7) is 2.00. The van der Waals surface area contributed by atoms with E-state index in [0.29, 0.717) is 28.8 Å². The van der Waals surface area contributed by atoms with Gasteiger partial charge in [-0.1, -0.05) is 11.6 Å². The molecular formula is C14H19ClN2O2. The third-order valence-corrected chi connectivity index (χ3v) is 3.71. The molecule has 0 unspecified atom stereocenters. The van der Waals surface area contributed by atoms with Crippen molar-refractivity contribution in [2.24, 2.45) is 5.92 Å². The third kappa shape index (κ3) is 4.11. The van der Waals surface area contributed by atoms with E-state index >= 15 is 0 Å². The summed E-state index contributed by atoms with van der Waals surface area (Å²) in [5, 5.41) is 6.68. The van der Waals surface area contributed by atoms with Crippen molar-refractivity contribution in [3.8, 4) is 5.75 Å². The van der Waals surface area contributed by atoms with Crippen LogP contribution >= 0.6 is 11.6 Å². The van der Waals surface area contributed by atoms with Crippen molar-refractivity contribution in [2.75, 3.05) is 25.5 Å². The second kappa shape index (κ2) is 6.78. The Morgan fingerprint density at radius 3 is 2.89 bits per heavy atom. The van der Waals surface area contributed by atoms with Crippen LogP contribution in [0.1, 0.15) is 19.3 Å². The average Bonchev–Trinajstić information content (AvgIpc) is 2.42. The Labute approximate surface area is 118 Å². The number of hydrogen-bond acceptors (Lipinski definition) is 3. The fourth-order valence-corrected chi connectivity index (χ4v) is 2.44. The lowest BCUT2D eigenvalue weighted by Crippen LogP contribution is -2.30. The third-order valence-electron chi connectivity index (χ3n) is 3.38. The van der Waals surface area contributed by atoms with Crippen LogP contribution in [-0.2, 0) is 4.79 Å². The van der Waals surface area contributed by atoms with Crippen molar-refractivity contribution in [2.45, 2.75) is 19.3 Å². The van der Waals surface area contributed by atoms with Gasteiger partial charge in [0.15, 0.2) is 0 Å². The summed E-state index contributed by atoms with van der Waals surface area (Å²) >= 11 is 6.06. The number of ether oxygens (including phenoxy) is 1. The monoisotopic (exact) mass is 282 g/mol. The summed E-state index contributed by atoms with van der Waals surface area (Å²) in [6.07, 6.45) is 2.66. The number of carbonyl (C=O) groups excluding carboxylic acids is 1. The van der Waals surface area contributed by atoms with Crippen molar-refractivity contribution >= 4 is 23.2 Å². The molecule has 0 aliphatic carbocycles. The summed E-state index contributed by atoms with van der Waals surface area (Å²) in [4.78, 5) is 12.0. The van der Waals surface area contributed by atoms with Gasteiger partial charge < -0.3 is 15.4 Å². The number of nitrogens with one attached hydrogen (secondary N) is 2. The maximum absolute atomic E-state index is 12.0. The fourth-order valence-electron chi connectivity index (χ4n) is 2.28. The summed E-state index contributed by atoms with van der Waals surface area (Å²) < 4.78 is 5.12. The largest absolute Gasteiger partial charge is 0.497 e. The Balaban J connectivity index is 1.94. The molecule has 1 aliphatic heterocycles. The number of piperidine rings is 1. The molecule has 0 atom stereocenters. The predicted octanol–water partition coefficient (Wildman–Crippen LogP) is 2.68. The van der Waals surface area contributed by atoms with Gasteiger partial charge in [-0.2, -0.15) is 0 Å². The molecule has 0 aromatic heterocycles. The van der Waals surface area contributed by atoms with Crippen molar-refractivity contribution in [1.29, 1.82) is 0 Å². The summed E-state index contributed by atoms with van der Waals surface area (Å²) in [7, 11) is 1.59. The van der Waals surface area contributed by atoms with Crippen LogP contribution < -0.4 is 15.4 Å². The molecule has 1 aromatic carbocycles. The average molecular weight is 283 g/mol. The Kier molecular flexibility index (Phi) is 5.05. The normalized spacial score (nSPS) is 16.1. The van der Waals surface area contributed by atoms with E-state index in [0.717, 1.165) is 25.9 Å². The van der Waals surface area contributed by atoms with Crippen molar-refractivity contribution in [3.05, 3.63) is 23.2 Å². The Morgan fingerprint density at radius 1 is 1.47 bits per heavy atom. The second-order valence-corrected chi connectivity index (χ2v) is 5.20. The van der Waals surface area contributed by atoms with Crippen LogP contribution in [-0.4, -0.2) is 26.1 Å². The first kappa shape index (κ1) is 14.2. The molecule has 19 heavy (non-hydrogen) atoms. The first-order valence-electron chi connectivity index (χ1n) is 6.53. The van der Waals surface area contributed by atoms with Gasteiger partial charge in [0.25, 0.3) is 0 Å². The molecule has 1 amide bonds. The van der Waals surface area contributed by atoms with E-state index in [9.17, 15) is 4.79 Å². The van der Waals surface area contributed by atoms with Crippen LogP contribution in [0.2, 0.25) is 5.02 Å². The molecule has 1 heterocycles. The van der Waals surface area contributed by atoms with Crippen LogP contribution in [0.15, 0.2) is 18.2 Å². The van der Waals surface area contributed by atoms with Gasteiger partial charge >= 0.3 is 0 Å². The quantitative estimate of drug-likeness (QED) is 0.893. The molecule has 5 heteroatoms. The second-order valence-electron chi connectivity index (χ2n) is 4.79. The highest BCUT2D eigenvalue weighted by Gasteiger charge is 2.17. The van der Waals surface area contributed by atoms with Crippen molar-refractivity contribution in [3.63, 3.8) is 0 Å². The minimum atomic E-state index is 0.0158. The van der Waals surface area contributed by atoms with Crippen LogP contribution in [0.25, 0.3) is 0 Å². The highest BCUT2D eigenvalue weighted by molar-refractivity contribution is 6.33. The lowest BCUT2D eigenvalue weighted by molar-refractivity contribution is -0.117. The minimum absolute atomic E-state index is 0.0158. The number of carbonyl (C=O) groups is 1. The molecule has 1 aromatic rings. The minimum Gasteiger partial charge on any atom is -0.497 e. The van der Waals surface area contributed by atoms with E-state index in [4.69, 9.17) is 16.3 Å². The molecule has 1 aliphatic rings. The molecule has 1 saturated heterocycles. The number of rotatable bonds is 4. The molecule has 0 saturated carbocycles. The predicted molar refractivity (Wildman–Crippen MR) is 76.8 cm³/mol. The lowest BCUT2D eigenvalue weighted by atomic mass is 9.94. The maximum Gasteiger partial charge on any atom is 0.224 e. The maximum atomic E-state index is 12.0. The molecule has 0 radical (unpaired) electrons. The topological polar surface area (TPSA) is 50.4 Å². The molecule has 104 valence electrons. The van der Waals surface area contributed by atoms with E-state index in [1.54, 1.807) is 25.3 Å². The van der Waals surface area contributed by atoms with E-state index in [2.05, 4.69) is 10.6 Å². The first-order valence-corrected chi connectivity index (χ1v) is 6.91. The van der Waals surface area contributed by atoms with Gasteiger partial charge in [-0.3, -0.25) is 4.79 Å². The zero-order chi connectivity index (χ0) is 13.7. The lowest BCUT2D eigenvalue weighted by Gasteiger charge is -2.22. The standard InChI is InChI=1S/C14H19ClN2O2/c1-19-11-2-3-12(15)13(9-11)17-14(18)8-10-4-6-16-7-5-10/h2-3,9-10,16H,4-8H2,1H3,(H,17,18). The van der Waals surface area contributed by atoms with E-state index in [1.807, 2.05) is 0 Å². The number of benzene rings is 1. The van der Waals surface area contributed by atoms with Gasteiger partial charge in [-0.15, -0.1) is 0 Å². The van der Waals surface area contributed by atoms with E-state index in [-0.39, 0.29) is 5.91 Å². The van der Waals surface area contributed by atoms with Gasteiger partial charge in [0.2, 0.25) is 5.91 Å². The molecule has 2 rings (SSSR count). The number of methoxy groups -OCH3 is 1.